The molecule has 0 fully saturated rings. The third-order valence-corrected chi connectivity index (χ3v) is 5.85. The van der Waals surface area contributed by atoms with E-state index in [4.69, 9.17) is 11.6 Å². The van der Waals surface area contributed by atoms with E-state index in [0.717, 1.165) is 23.5 Å². The van der Waals surface area contributed by atoms with Crippen molar-refractivity contribution >= 4 is 40.6 Å². The highest BCUT2D eigenvalue weighted by Gasteiger charge is 2.20. The minimum Gasteiger partial charge on any atom is -0.348 e. The molecule has 2 heterocycles. The summed E-state index contributed by atoms with van der Waals surface area (Å²) in [6.07, 6.45) is 1.93. The molecule has 0 radical (unpaired) electrons. The molecule has 2 rings (SSSR count). The predicted molar refractivity (Wildman–Crippen MR) is 85.6 cm³/mol. The van der Waals surface area contributed by atoms with Crippen molar-refractivity contribution in [3.8, 4) is 0 Å². The van der Waals surface area contributed by atoms with Crippen LogP contribution in [0.1, 0.15) is 40.4 Å². The van der Waals surface area contributed by atoms with Gasteiger partial charge in [0.25, 0.3) is 5.91 Å². The Kier molecular flexibility index (Phi) is 5.60. The van der Waals surface area contributed by atoms with Crippen LogP contribution in [0.2, 0.25) is 0 Å². The second kappa shape index (κ2) is 7.00. The van der Waals surface area contributed by atoms with Crippen molar-refractivity contribution < 1.29 is 4.79 Å². The van der Waals surface area contributed by atoms with E-state index in [-0.39, 0.29) is 11.9 Å². The SMILES string of the molecule is CC(C)C(CCCl)NC(=O)c1cc2c(s1)CCSC2. The average molecular weight is 318 g/mol. The lowest BCUT2D eigenvalue weighted by atomic mass is 10.0. The maximum Gasteiger partial charge on any atom is 0.261 e. The Morgan fingerprint density at radius 3 is 2.95 bits per heavy atom. The topological polar surface area (TPSA) is 29.1 Å². The van der Waals surface area contributed by atoms with Crippen LogP contribution in [0.3, 0.4) is 0 Å². The molecule has 1 unspecified atom stereocenters. The molecule has 1 N–H and O–H groups in total. The first-order valence-electron chi connectivity index (χ1n) is 6.68. The van der Waals surface area contributed by atoms with Crippen molar-refractivity contribution in [2.24, 2.45) is 5.92 Å². The number of halogens is 1. The van der Waals surface area contributed by atoms with Crippen molar-refractivity contribution in [3.63, 3.8) is 0 Å². The molecule has 0 bridgehead atoms. The van der Waals surface area contributed by atoms with Gasteiger partial charge < -0.3 is 5.32 Å². The number of rotatable bonds is 5. The number of hydrogen-bond acceptors (Lipinski definition) is 3. The summed E-state index contributed by atoms with van der Waals surface area (Å²) in [4.78, 5) is 14.5. The maximum atomic E-state index is 12.3. The van der Waals surface area contributed by atoms with Gasteiger partial charge in [-0.3, -0.25) is 4.79 Å². The number of thiophene rings is 1. The summed E-state index contributed by atoms with van der Waals surface area (Å²) in [7, 11) is 0. The number of thioether (sulfide) groups is 1. The number of nitrogens with one attached hydrogen (secondary N) is 1. The van der Waals surface area contributed by atoms with Crippen LogP contribution in [0.15, 0.2) is 6.07 Å². The molecule has 5 heteroatoms. The van der Waals surface area contributed by atoms with Crippen LogP contribution < -0.4 is 5.32 Å². The quantitative estimate of drug-likeness (QED) is 0.834. The minimum atomic E-state index is 0.0632. The standard InChI is InChI=1S/C14H20ClNOS2/c1-9(2)11(3-5-15)16-14(17)13-7-10-8-18-6-4-12(10)19-13/h7,9,11H,3-6,8H2,1-2H3,(H,16,17). The van der Waals surface area contributed by atoms with E-state index in [1.54, 1.807) is 11.3 Å². The fraction of sp³-hybridized carbons (Fsp3) is 0.643. The van der Waals surface area contributed by atoms with Gasteiger partial charge in [0.2, 0.25) is 0 Å². The minimum absolute atomic E-state index is 0.0632. The second-order valence-corrected chi connectivity index (χ2v) is 7.78. The van der Waals surface area contributed by atoms with E-state index < -0.39 is 0 Å². The first-order chi connectivity index (χ1) is 9.11. The van der Waals surface area contributed by atoms with Crippen LogP contribution in [0.4, 0.5) is 0 Å². The second-order valence-electron chi connectivity index (χ2n) is 5.16. The molecule has 0 aromatic carbocycles. The van der Waals surface area contributed by atoms with E-state index in [1.165, 1.54) is 16.2 Å². The lowest BCUT2D eigenvalue weighted by molar-refractivity contribution is 0.0929. The molecular formula is C14H20ClNOS2. The van der Waals surface area contributed by atoms with Crippen LogP contribution in [0.25, 0.3) is 0 Å². The maximum absolute atomic E-state index is 12.3. The van der Waals surface area contributed by atoms with Gasteiger partial charge in [0, 0.05) is 22.6 Å². The first-order valence-corrected chi connectivity index (χ1v) is 9.18. The summed E-state index contributed by atoms with van der Waals surface area (Å²) in [6.45, 7) is 4.24. The average Bonchev–Trinajstić information content (AvgIpc) is 2.81. The summed E-state index contributed by atoms with van der Waals surface area (Å²) in [5.74, 6) is 3.28. The van der Waals surface area contributed by atoms with Crippen molar-refractivity contribution in [2.75, 3.05) is 11.6 Å². The summed E-state index contributed by atoms with van der Waals surface area (Å²) < 4.78 is 0. The highest BCUT2D eigenvalue weighted by Crippen LogP contribution is 2.31. The molecule has 0 aliphatic carbocycles. The lowest BCUT2D eigenvalue weighted by Gasteiger charge is -2.20. The molecule has 1 aliphatic heterocycles. The molecule has 1 aromatic heterocycles. The normalized spacial score (nSPS) is 16.2. The third kappa shape index (κ3) is 3.89. The molecule has 106 valence electrons. The third-order valence-electron chi connectivity index (χ3n) is 3.39. The van der Waals surface area contributed by atoms with Gasteiger partial charge in [-0.15, -0.1) is 22.9 Å². The molecule has 19 heavy (non-hydrogen) atoms. The molecular weight excluding hydrogens is 298 g/mol. The van der Waals surface area contributed by atoms with Crippen molar-refractivity contribution in [3.05, 3.63) is 21.4 Å². The summed E-state index contributed by atoms with van der Waals surface area (Å²) >= 11 is 9.40. The molecule has 0 spiro atoms. The Bertz CT molecular complexity index is 421. The Balaban J connectivity index is 2.04. The number of alkyl halides is 1. The van der Waals surface area contributed by atoms with Crippen LogP contribution in [-0.2, 0) is 12.2 Å². The first kappa shape index (κ1) is 15.2. The van der Waals surface area contributed by atoms with Gasteiger partial charge in [-0.25, -0.2) is 0 Å². The van der Waals surface area contributed by atoms with E-state index in [0.29, 0.717) is 11.8 Å². The van der Waals surface area contributed by atoms with Crippen LogP contribution in [0.5, 0.6) is 0 Å². The van der Waals surface area contributed by atoms with Gasteiger partial charge in [-0.2, -0.15) is 11.8 Å². The number of carbonyl (C=O) groups is 1. The number of aryl methyl sites for hydroxylation is 1. The molecule has 0 saturated heterocycles. The van der Waals surface area contributed by atoms with Gasteiger partial charge in [0.15, 0.2) is 0 Å². The van der Waals surface area contributed by atoms with Crippen LogP contribution >= 0.6 is 34.7 Å². The van der Waals surface area contributed by atoms with Crippen LogP contribution in [0, 0.1) is 5.92 Å². The summed E-state index contributed by atoms with van der Waals surface area (Å²) in [5.41, 5.74) is 1.35. The van der Waals surface area contributed by atoms with E-state index in [1.807, 2.05) is 11.8 Å². The number of hydrogen-bond donors (Lipinski definition) is 1. The van der Waals surface area contributed by atoms with Crippen molar-refractivity contribution in [2.45, 2.75) is 38.5 Å². The smallest absolute Gasteiger partial charge is 0.261 e. The van der Waals surface area contributed by atoms with Gasteiger partial charge in [0.05, 0.1) is 4.88 Å². The number of amides is 1. The zero-order valence-corrected chi connectivity index (χ0v) is 13.8. The van der Waals surface area contributed by atoms with E-state index in [9.17, 15) is 4.79 Å². The van der Waals surface area contributed by atoms with Crippen molar-refractivity contribution in [1.29, 1.82) is 0 Å². The molecule has 1 aliphatic rings. The predicted octanol–water partition coefficient (Wildman–Crippen LogP) is 3.92. The zero-order valence-electron chi connectivity index (χ0n) is 11.4. The Hall–Kier alpha value is -0.190. The van der Waals surface area contributed by atoms with E-state index >= 15 is 0 Å². The van der Waals surface area contributed by atoms with E-state index in [2.05, 4.69) is 25.2 Å². The molecule has 1 aromatic rings. The summed E-state index contributed by atoms with van der Waals surface area (Å²) in [6, 6.07) is 2.23. The fourth-order valence-corrected chi connectivity index (χ4v) is 4.70. The van der Waals surface area contributed by atoms with Gasteiger partial charge in [0.1, 0.15) is 0 Å². The highest BCUT2D eigenvalue weighted by atomic mass is 35.5. The molecule has 1 amide bonds. The fourth-order valence-electron chi connectivity index (χ4n) is 2.19. The number of carbonyl (C=O) groups excluding carboxylic acids is 1. The number of fused-ring (bicyclic) bond motifs is 1. The molecule has 0 saturated carbocycles. The van der Waals surface area contributed by atoms with Gasteiger partial charge in [-0.05, 0) is 36.1 Å². The van der Waals surface area contributed by atoms with Gasteiger partial charge in [-0.1, -0.05) is 13.8 Å². The summed E-state index contributed by atoms with van der Waals surface area (Å²) in [5, 5.41) is 3.12. The van der Waals surface area contributed by atoms with Crippen LogP contribution in [-0.4, -0.2) is 23.6 Å². The molecule has 1 atom stereocenters. The highest BCUT2D eigenvalue weighted by molar-refractivity contribution is 7.98. The van der Waals surface area contributed by atoms with Crippen molar-refractivity contribution in [1.82, 2.24) is 5.32 Å². The Morgan fingerprint density at radius 2 is 2.32 bits per heavy atom. The lowest BCUT2D eigenvalue weighted by Crippen LogP contribution is -2.38. The molecule has 2 nitrogen and oxygen atoms in total. The van der Waals surface area contributed by atoms with Gasteiger partial charge >= 0.3 is 0 Å². The zero-order chi connectivity index (χ0) is 13.8. The Morgan fingerprint density at radius 1 is 1.53 bits per heavy atom. The Labute approximate surface area is 128 Å². The monoisotopic (exact) mass is 317 g/mol. The largest absolute Gasteiger partial charge is 0.348 e.